The molecule has 1 aromatic heterocycles. The third kappa shape index (κ3) is 4.90. The molecule has 1 saturated heterocycles. The number of rotatable bonds is 6. The number of benzene rings is 2. The molecule has 2 heterocycles. The number of methoxy groups -OCH3 is 2. The minimum atomic E-state index is -0.0657. The fourth-order valence-corrected chi connectivity index (χ4v) is 4.07. The zero-order valence-corrected chi connectivity index (χ0v) is 18.0. The monoisotopic (exact) mass is 420 g/mol. The second-order valence-corrected chi connectivity index (χ2v) is 7.82. The van der Waals surface area contributed by atoms with Crippen molar-refractivity contribution in [1.82, 2.24) is 10.1 Å². The van der Waals surface area contributed by atoms with Gasteiger partial charge in [0.1, 0.15) is 17.2 Å². The Labute approximate surface area is 182 Å². The van der Waals surface area contributed by atoms with Gasteiger partial charge in [0.15, 0.2) is 5.76 Å². The van der Waals surface area contributed by atoms with E-state index in [1.54, 1.807) is 14.2 Å². The van der Waals surface area contributed by atoms with Gasteiger partial charge in [-0.2, -0.15) is 0 Å². The molecule has 1 fully saturated rings. The Morgan fingerprint density at radius 2 is 1.68 bits per heavy atom. The number of carbonyl (C=O) groups excluding carboxylic acids is 1. The number of amides is 1. The van der Waals surface area contributed by atoms with Crippen LogP contribution in [0.2, 0.25) is 0 Å². The van der Waals surface area contributed by atoms with Crippen LogP contribution in [0.1, 0.15) is 43.0 Å². The van der Waals surface area contributed by atoms with Crippen molar-refractivity contribution >= 4 is 5.91 Å². The van der Waals surface area contributed by atoms with Crippen LogP contribution in [-0.4, -0.2) is 36.7 Å². The summed E-state index contributed by atoms with van der Waals surface area (Å²) in [6.45, 7) is 0.740. The Morgan fingerprint density at radius 3 is 2.35 bits per heavy atom. The number of ether oxygens (including phenoxy) is 2. The SMILES string of the molecule is COc1ccc(CC(=O)N2CCCCCC2c2cc(-c3ccc(OC)cc3)on2)cc1. The van der Waals surface area contributed by atoms with Crippen LogP contribution in [0.15, 0.2) is 59.1 Å². The van der Waals surface area contributed by atoms with E-state index in [4.69, 9.17) is 14.0 Å². The lowest BCUT2D eigenvalue weighted by atomic mass is 10.0. The minimum Gasteiger partial charge on any atom is -0.497 e. The topological polar surface area (TPSA) is 64.8 Å². The molecule has 2 aromatic carbocycles. The molecular weight excluding hydrogens is 392 g/mol. The number of nitrogens with zero attached hydrogens (tertiary/aromatic N) is 2. The van der Waals surface area contributed by atoms with Gasteiger partial charge in [0, 0.05) is 18.2 Å². The van der Waals surface area contributed by atoms with Crippen LogP contribution in [0.5, 0.6) is 11.5 Å². The smallest absolute Gasteiger partial charge is 0.227 e. The predicted molar refractivity (Wildman–Crippen MR) is 118 cm³/mol. The summed E-state index contributed by atoms with van der Waals surface area (Å²) in [6.07, 6.45) is 4.45. The van der Waals surface area contributed by atoms with Gasteiger partial charge in [0.2, 0.25) is 5.91 Å². The minimum absolute atomic E-state index is 0.0657. The second-order valence-electron chi connectivity index (χ2n) is 7.82. The molecule has 0 aliphatic carbocycles. The van der Waals surface area contributed by atoms with Crippen LogP contribution in [-0.2, 0) is 11.2 Å². The van der Waals surface area contributed by atoms with Crippen molar-refractivity contribution in [3.8, 4) is 22.8 Å². The number of hydrogen-bond donors (Lipinski definition) is 0. The molecular formula is C25H28N2O4. The van der Waals surface area contributed by atoms with E-state index in [1.165, 1.54) is 0 Å². The van der Waals surface area contributed by atoms with Gasteiger partial charge in [-0.25, -0.2) is 0 Å². The maximum Gasteiger partial charge on any atom is 0.227 e. The molecule has 0 bridgehead atoms. The van der Waals surface area contributed by atoms with Crippen LogP contribution in [0.4, 0.5) is 0 Å². The Balaban J connectivity index is 1.53. The summed E-state index contributed by atoms with van der Waals surface area (Å²) in [5.74, 6) is 2.40. The zero-order valence-electron chi connectivity index (χ0n) is 18.0. The molecule has 0 N–H and O–H groups in total. The largest absolute Gasteiger partial charge is 0.497 e. The third-order valence-corrected chi connectivity index (χ3v) is 5.83. The lowest BCUT2D eigenvalue weighted by molar-refractivity contribution is -0.133. The van der Waals surface area contributed by atoms with Crippen LogP contribution in [0, 0.1) is 0 Å². The average molecular weight is 421 g/mol. The van der Waals surface area contributed by atoms with Crippen LogP contribution >= 0.6 is 0 Å². The molecule has 31 heavy (non-hydrogen) atoms. The number of hydrogen-bond acceptors (Lipinski definition) is 5. The molecule has 0 spiro atoms. The summed E-state index contributed by atoms with van der Waals surface area (Å²) in [5.41, 5.74) is 2.73. The van der Waals surface area contributed by atoms with Gasteiger partial charge in [-0.3, -0.25) is 4.79 Å². The molecule has 1 unspecified atom stereocenters. The van der Waals surface area contributed by atoms with Crippen LogP contribution in [0.25, 0.3) is 11.3 Å². The number of carbonyl (C=O) groups is 1. The first kappa shape index (κ1) is 21.0. The summed E-state index contributed by atoms with van der Waals surface area (Å²) >= 11 is 0. The van der Waals surface area contributed by atoms with E-state index in [0.717, 1.165) is 60.5 Å². The van der Waals surface area contributed by atoms with Gasteiger partial charge in [-0.15, -0.1) is 0 Å². The Morgan fingerprint density at radius 1 is 1.00 bits per heavy atom. The molecule has 1 atom stereocenters. The standard InChI is InChI=1S/C25H28N2O4/c1-29-20-11-7-18(8-12-20)16-25(28)27-15-5-3-4-6-23(27)22-17-24(31-26-22)19-9-13-21(30-2)14-10-19/h7-14,17,23H,3-6,15-16H2,1-2H3. The summed E-state index contributed by atoms with van der Waals surface area (Å²) < 4.78 is 16.1. The first-order chi connectivity index (χ1) is 15.2. The van der Waals surface area contributed by atoms with Gasteiger partial charge < -0.3 is 18.9 Å². The van der Waals surface area contributed by atoms with Crippen molar-refractivity contribution in [3.63, 3.8) is 0 Å². The summed E-state index contributed by atoms with van der Waals surface area (Å²) in [5, 5.41) is 4.35. The molecule has 6 heteroatoms. The molecule has 6 nitrogen and oxygen atoms in total. The lowest BCUT2D eigenvalue weighted by Gasteiger charge is -2.28. The predicted octanol–water partition coefficient (Wildman–Crippen LogP) is 5.05. The fraction of sp³-hybridized carbons (Fsp3) is 0.360. The van der Waals surface area contributed by atoms with Crippen LogP contribution < -0.4 is 9.47 Å². The van der Waals surface area contributed by atoms with Gasteiger partial charge in [0.25, 0.3) is 0 Å². The van der Waals surface area contributed by atoms with E-state index in [-0.39, 0.29) is 11.9 Å². The van der Waals surface area contributed by atoms with E-state index < -0.39 is 0 Å². The second kappa shape index (κ2) is 9.69. The normalized spacial score (nSPS) is 16.6. The highest BCUT2D eigenvalue weighted by atomic mass is 16.5. The van der Waals surface area contributed by atoms with Crippen molar-refractivity contribution in [1.29, 1.82) is 0 Å². The number of aromatic nitrogens is 1. The number of likely N-dealkylation sites (tertiary alicyclic amines) is 1. The van der Waals surface area contributed by atoms with Crippen molar-refractivity contribution in [2.75, 3.05) is 20.8 Å². The van der Waals surface area contributed by atoms with E-state index in [1.807, 2.05) is 59.5 Å². The highest BCUT2D eigenvalue weighted by Crippen LogP contribution is 2.33. The maximum absolute atomic E-state index is 13.2. The fourth-order valence-electron chi connectivity index (χ4n) is 4.07. The summed E-state index contributed by atoms with van der Waals surface area (Å²) in [7, 11) is 3.28. The molecule has 1 aliphatic rings. The van der Waals surface area contributed by atoms with Crippen molar-refractivity contribution < 1.29 is 18.8 Å². The van der Waals surface area contributed by atoms with Crippen molar-refractivity contribution in [2.45, 2.75) is 38.1 Å². The van der Waals surface area contributed by atoms with E-state index in [2.05, 4.69) is 5.16 Å². The van der Waals surface area contributed by atoms with Gasteiger partial charge >= 0.3 is 0 Å². The molecule has 3 aromatic rings. The molecule has 1 aliphatic heterocycles. The molecule has 0 radical (unpaired) electrons. The maximum atomic E-state index is 13.2. The molecule has 1 amide bonds. The molecule has 0 saturated carbocycles. The highest BCUT2D eigenvalue weighted by Gasteiger charge is 2.29. The van der Waals surface area contributed by atoms with Crippen molar-refractivity contribution in [3.05, 3.63) is 65.9 Å². The van der Waals surface area contributed by atoms with E-state index in [0.29, 0.717) is 12.2 Å². The van der Waals surface area contributed by atoms with Gasteiger partial charge in [-0.1, -0.05) is 30.1 Å². The molecule has 4 rings (SSSR count). The summed E-state index contributed by atoms with van der Waals surface area (Å²) in [6, 6.07) is 17.3. The highest BCUT2D eigenvalue weighted by molar-refractivity contribution is 5.79. The van der Waals surface area contributed by atoms with Crippen molar-refractivity contribution in [2.24, 2.45) is 0 Å². The Kier molecular flexibility index (Phi) is 6.55. The molecule has 162 valence electrons. The third-order valence-electron chi connectivity index (χ3n) is 5.83. The van der Waals surface area contributed by atoms with E-state index >= 15 is 0 Å². The van der Waals surface area contributed by atoms with Gasteiger partial charge in [-0.05, 0) is 54.8 Å². The van der Waals surface area contributed by atoms with Gasteiger partial charge in [0.05, 0.1) is 26.7 Å². The first-order valence-corrected chi connectivity index (χ1v) is 10.7. The Hall–Kier alpha value is -3.28. The quantitative estimate of drug-likeness (QED) is 0.559. The zero-order chi connectivity index (χ0) is 21.6. The summed E-state index contributed by atoms with van der Waals surface area (Å²) in [4.78, 5) is 15.2. The van der Waals surface area contributed by atoms with Crippen LogP contribution in [0.3, 0.4) is 0 Å². The van der Waals surface area contributed by atoms with E-state index in [9.17, 15) is 4.79 Å². The average Bonchev–Trinajstić information content (AvgIpc) is 3.17. The lowest BCUT2D eigenvalue weighted by Crippen LogP contribution is -2.36. The Bertz CT molecular complexity index is 995. The first-order valence-electron chi connectivity index (χ1n) is 10.7.